The lowest BCUT2D eigenvalue weighted by molar-refractivity contribution is 0.0586. The fourth-order valence-electron chi connectivity index (χ4n) is 2.31. The number of carbonyl (C=O) groups excluding carboxylic acids is 1. The second kappa shape index (κ2) is 4.35. The molecule has 1 saturated carbocycles. The molecule has 2 atom stereocenters. The van der Waals surface area contributed by atoms with E-state index in [0.29, 0.717) is 5.56 Å². The van der Waals surface area contributed by atoms with Gasteiger partial charge in [-0.05, 0) is 37.1 Å². The van der Waals surface area contributed by atoms with Crippen molar-refractivity contribution in [2.45, 2.75) is 39.3 Å². The molecule has 0 heterocycles. The van der Waals surface area contributed by atoms with Crippen LogP contribution in [0.4, 0.5) is 4.39 Å². The standard InChI is InChI=1S/C14H19FN2O/c1-8-4-9(6-10(15)5-8)13(18)17-12-7-11(16)14(12,2)3/h4-6,11-12H,7,16H2,1-3H3,(H,17,18). The van der Waals surface area contributed by atoms with Crippen molar-refractivity contribution < 1.29 is 9.18 Å². The summed E-state index contributed by atoms with van der Waals surface area (Å²) >= 11 is 0. The zero-order valence-corrected chi connectivity index (χ0v) is 11.0. The average Bonchev–Trinajstić information content (AvgIpc) is 2.27. The van der Waals surface area contributed by atoms with Crippen molar-refractivity contribution in [3.8, 4) is 0 Å². The second-order valence-electron chi connectivity index (χ2n) is 5.71. The number of aryl methyl sites for hydroxylation is 1. The van der Waals surface area contributed by atoms with Gasteiger partial charge >= 0.3 is 0 Å². The van der Waals surface area contributed by atoms with Gasteiger partial charge in [-0.3, -0.25) is 4.79 Å². The molecule has 0 saturated heterocycles. The summed E-state index contributed by atoms with van der Waals surface area (Å²) in [7, 11) is 0. The molecule has 1 aliphatic rings. The van der Waals surface area contributed by atoms with Gasteiger partial charge in [-0.25, -0.2) is 4.39 Å². The van der Waals surface area contributed by atoms with Gasteiger partial charge in [-0.1, -0.05) is 13.8 Å². The number of amides is 1. The Morgan fingerprint density at radius 1 is 1.44 bits per heavy atom. The topological polar surface area (TPSA) is 55.1 Å². The van der Waals surface area contributed by atoms with Crippen molar-refractivity contribution in [1.82, 2.24) is 5.32 Å². The minimum absolute atomic E-state index is 0.0589. The molecule has 1 aromatic carbocycles. The van der Waals surface area contributed by atoms with E-state index in [1.807, 2.05) is 13.8 Å². The SMILES string of the molecule is Cc1cc(F)cc(C(=O)NC2CC(N)C2(C)C)c1. The van der Waals surface area contributed by atoms with Gasteiger partial charge in [0.1, 0.15) is 5.82 Å². The summed E-state index contributed by atoms with van der Waals surface area (Å²) in [4.78, 5) is 12.0. The molecule has 0 radical (unpaired) electrons. The molecule has 0 spiro atoms. The Kier molecular flexibility index (Phi) is 3.15. The van der Waals surface area contributed by atoms with E-state index in [-0.39, 0.29) is 29.2 Å². The molecule has 1 fully saturated rings. The minimum atomic E-state index is -0.385. The summed E-state index contributed by atoms with van der Waals surface area (Å²) in [5.74, 6) is -0.618. The van der Waals surface area contributed by atoms with E-state index in [4.69, 9.17) is 5.73 Å². The van der Waals surface area contributed by atoms with Crippen LogP contribution in [0.5, 0.6) is 0 Å². The summed E-state index contributed by atoms with van der Waals surface area (Å²) in [6, 6.07) is 4.51. The average molecular weight is 250 g/mol. The Bertz CT molecular complexity index is 464. The normalized spacial score (nSPS) is 25.4. The highest BCUT2D eigenvalue weighted by atomic mass is 19.1. The number of nitrogens with two attached hydrogens (primary N) is 1. The molecule has 4 heteroatoms. The molecule has 18 heavy (non-hydrogen) atoms. The number of benzene rings is 1. The van der Waals surface area contributed by atoms with Gasteiger partial charge in [0.25, 0.3) is 5.91 Å². The van der Waals surface area contributed by atoms with Crippen molar-refractivity contribution >= 4 is 5.91 Å². The molecule has 0 bridgehead atoms. The highest BCUT2D eigenvalue weighted by Crippen LogP contribution is 2.39. The van der Waals surface area contributed by atoms with Crippen LogP contribution in [0.25, 0.3) is 0 Å². The highest BCUT2D eigenvalue weighted by molar-refractivity contribution is 5.94. The maximum Gasteiger partial charge on any atom is 0.251 e. The Morgan fingerprint density at radius 2 is 2.11 bits per heavy atom. The van der Waals surface area contributed by atoms with Crippen molar-refractivity contribution in [2.75, 3.05) is 0 Å². The van der Waals surface area contributed by atoms with Crippen LogP contribution < -0.4 is 11.1 Å². The number of hydrogen-bond acceptors (Lipinski definition) is 2. The minimum Gasteiger partial charge on any atom is -0.349 e. The van der Waals surface area contributed by atoms with E-state index in [1.165, 1.54) is 12.1 Å². The fraction of sp³-hybridized carbons (Fsp3) is 0.500. The van der Waals surface area contributed by atoms with Crippen molar-refractivity contribution in [3.05, 3.63) is 35.1 Å². The number of nitrogens with one attached hydrogen (secondary N) is 1. The van der Waals surface area contributed by atoms with Gasteiger partial charge in [0, 0.05) is 23.1 Å². The van der Waals surface area contributed by atoms with Crippen LogP contribution in [0.3, 0.4) is 0 Å². The Hall–Kier alpha value is -1.42. The van der Waals surface area contributed by atoms with Gasteiger partial charge in [-0.15, -0.1) is 0 Å². The Morgan fingerprint density at radius 3 is 2.61 bits per heavy atom. The van der Waals surface area contributed by atoms with Crippen LogP contribution in [0.2, 0.25) is 0 Å². The van der Waals surface area contributed by atoms with Crippen LogP contribution >= 0.6 is 0 Å². The zero-order valence-electron chi connectivity index (χ0n) is 11.0. The monoisotopic (exact) mass is 250 g/mol. The van der Waals surface area contributed by atoms with E-state index < -0.39 is 0 Å². The van der Waals surface area contributed by atoms with Crippen LogP contribution in [0.1, 0.15) is 36.2 Å². The predicted octanol–water partition coefficient (Wildman–Crippen LogP) is 1.99. The van der Waals surface area contributed by atoms with Gasteiger partial charge < -0.3 is 11.1 Å². The lowest BCUT2D eigenvalue weighted by Crippen LogP contribution is -2.64. The Balaban J connectivity index is 2.09. The first kappa shape index (κ1) is 13.0. The van der Waals surface area contributed by atoms with E-state index in [2.05, 4.69) is 5.32 Å². The summed E-state index contributed by atoms with van der Waals surface area (Å²) in [5.41, 5.74) is 6.90. The molecule has 1 amide bonds. The molecule has 3 N–H and O–H groups in total. The third kappa shape index (κ3) is 2.25. The van der Waals surface area contributed by atoms with E-state index >= 15 is 0 Å². The summed E-state index contributed by atoms with van der Waals surface area (Å²) in [6.45, 7) is 5.83. The number of carbonyl (C=O) groups is 1. The maximum atomic E-state index is 13.2. The van der Waals surface area contributed by atoms with Gasteiger partial charge in [-0.2, -0.15) is 0 Å². The van der Waals surface area contributed by atoms with Gasteiger partial charge in [0.05, 0.1) is 0 Å². The molecule has 3 nitrogen and oxygen atoms in total. The van der Waals surface area contributed by atoms with Crippen molar-refractivity contribution in [3.63, 3.8) is 0 Å². The first-order chi connectivity index (χ1) is 8.30. The zero-order chi connectivity index (χ0) is 13.5. The number of halogens is 1. The third-order valence-corrected chi connectivity index (χ3v) is 3.95. The van der Waals surface area contributed by atoms with Crippen LogP contribution in [0.15, 0.2) is 18.2 Å². The van der Waals surface area contributed by atoms with E-state index in [0.717, 1.165) is 12.0 Å². The van der Waals surface area contributed by atoms with Gasteiger partial charge in [0.2, 0.25) is 0 Å². The molecule has 0 aliphatic heterocycles. The quantitative estimate of drug-likeness (QED) is 0.843. The molecule has 1 aromatic rings. The summed E-state index contributed by atoms with van der Waals surface area (Å²) in [6.07, 6.45) is 0.771. The predicted molar refractivity (Wildman–Crippen MR) is 68.8 cm³/mol. The van der Waals surface area contributed by atoms with E-state index in [9.17, 15) is 9.18 Å². The first-order valence-corrected chi connectivity index (χ1v) is 6.14. The van der Waals surface area contributed by atoms with Gasteiger partial charge in [0.15, 0.2) is 0 Å². The smallest absolute Gasteiger partial charge is 0.251 e. The van der Waals surface area contributed by atoms with Crippen LogP contribution in [-0.2, 0) is 0 Å². The first-order valence-electron chi connectivity index (χ1n) is 6.14. The van der Waals surface area contributed by atoms with Crippen LogP contribution in [-0.4, -0.2) is 18.0 Å². The lowest BCUT2D eigenvalue weighted by atomic mass is 9.63. The third-order valence-electron chi connectivity index (χ3n) is 3.95. The summed E-state index contributed by atoms with van der Waals surface area (Å²) < 4.78 is 13.2. The fourth-order valence-corrected chi connectivity index (χ4v) is 2.31. The van der Waals surface area contributed by atoms with E-state index in [1.54, 1.807) is 13.0 Å². The van der Waals surface area contributed by atoms with Crippen molar-refractivity contribution in [1.29, 1.82) is 0 Å². The molecule has 1 aliphatic carbocycles. The molecular formula is C14H19FN2O. The van der Waals surface area contributed by atoms with Crippen molar-refractivity contribution in [2.24, 2.45) is 11.1 Å². The molecule has 2 unspecified atom stereocenters. The molecular weight excluding hydrogens is 231 g/mol. The molecule has 2 rings (SSSR count). The summed E-state index contributed by atoms with van der Waals surface area (Å²) in [5, 5.41) is 2.92. The lowest BCUT2D eigenvalue weighted by Gasteiger charge is -2.50. The van der Waals surface area contributed by atoms with Crippen LogP contribution in [0, 0.1) is 18.2 Å². The number of hydrogen-bond donors (Lipinski definition) is 2. The molecule has 98 valence electrons. The number of rotatable bonds is 2. The largest absolute Gasteiger partial charge is 0.349 e. The molecule has 0 aromatic heterocycles. The highest BCUT2D eigenvalue weighted by Gasteiger charge is 2.46. The Labute approximate surface area is 107 Å². The second-order valence-corrected chi connectivity index (χ2v) is 5.71. The maximum absolute atomic E-state index is 13.2.